The summed E-state index contributed by atoms with van der Waals surface area (Å²) in [5.74, 6) is -1.00. The highest BCUT2D eigenvalue weighted by Gasteiger charge is 2.26. The molecule has 1 rings (SSSR count). The van der Waals surface area contributed by atoms with E-state index >= 15 is 0 Å². The largest absolute Gasteiger partial charge is 0.513 e. The highest BCUT2D eigenvalue weighted by Crippen LogP contribution is 2.43. The van der Waals surface area contributed by atoms with Gasteiger partial charge in [-0.2, -0.15) is 0 Å². The highest BCUT2D eigenvalue weighted by molar-refractivity contribution is 7.47. The van der Waals surface area contributed by atoms with Gasteiger partial charge in [0, 0.05) is 31.5 Å². The van der Waals surface area contributed by atoms with E-state index in [1.54, 1.807) is 0 Å². The second-order valence-corrected chi connectivity index (χ2v) is 18.5. The molecular weight excluding hydrogens is 912 g/mol. The van der Waals surface area contributed by atoms with Gasteiger partial charge in [0.05, 0.1) is 18.1 Å². The molecule has 17 nitrogen and oxygen atoms in total. The molecule has 18 heteroatoms. The summed E-state index contributed by atoms with van der Waals surface area (Å²) < 4.78 is 48.1. The van der Waals surface area contributed by atoms with Crippen molar-refractivity contribution in [3.8, 4) is 5.75 Å². The van der Waals surface area contributed by atoms with Crippen LogP contribution in [0.1, 0.15) is 194 Å². The Bertz CT molecular complexity index is 1610. The number of phosphoric acid groups is 1. The molecule has 1 aromatic carbocycles. The molecule has 0 saturated heterocycles. The van der Waals surface area contributed by atoms with Crippen molar-refractivity contribution in [2.24, 2.45) is 0 Å². The third-order valence-electron chi connectivity index (χ3n) is 10.8. The van der Waals surface area contributed by atoms with Crippen LogP contribution in [0, 0.1) is 10.1 Å². The Labute approximate surface area is 411 Å². The molecule has 2 N–H and O–H groups in total. The first-order valence-electron chi connectivity index (χ1n) is 25.7. The fourth-order valence-electron chi connectivity index (χ4n) is 6.90. The molecule has 1 aromatic rings. The number of nitro benzene ring substituents is 1. The molecular formula is C51H85N2O15P. The van der Waals surface area contributed by atoms with E-state index in [9.17, 15) is 38.8 Å². The number of nitrogens with one attached hydrogen (secondary N) is 1. The summed E-state index contributed by atoms with van der Waals surface area (Å²) in [6.07, 6.45) is 35.5. The van der Waals surface area contributed by atoms with Crippen LogP contribution in [0.15, 0.2) is 48.6 Å². The quantitative estimate of drug-likeness (QED) is 0.00905. The monoisotopic (exact) mass is 997 g/mol. The molecule has 394 valence electrons. The molecule has 0 aromatic heterocycles. The van der Waals surface area contributed by atoms with Crippen molar-refractivity contribution in [1.82, 2.24) is 5.32 Å². The number of phosphoric ester groups is 1. The lowest BCUT2D eigenvalue weighted by atomic mass is 10.1. The zero-order valence-electron chi connectivity index (χ0n) is 41.8. The molecule has 69 heavy (non-hydrogen) atoms. The number of esters is 2. The van der Waals surface area contributed by atoms with Crippen LogP contribution in [0.25, 0.3) is 0 Å². The van der Waals surface area contributed by atoms with E-state index in [0.29, 0.717) is 12.8 Å². The molecule has 0 bridgehead atoms. The Morgan fingerprint density at radius 2 is 1.07 bits per heavy atom. The first-order valence-corrected chi connectivity index (χ1v) is 27.2. The molecule has 0 saturated carbocycles. The molecule has 0 aliphatic rings. The SMILES string of the molecule is CCCCCCCCC=CCCCCCCCC(=O)OCC(COP(=O)(O)OCCNC(=O)OCCOC(=O)Oc1ccc([N+](=O)[O-])cc1)OC(=O)CCCCCCCC=CCCCCCCCC. The topological polar surface area (TPSA) is 225 Å². The Morgan fingerprint density at radius 3 is 1.58 bits per heavy atom. The number of hydrogen-bond donors (Lipinski definition) is 2. The van der Waals surface area contributed by atoms with Crippen LogP contribution in [0.2, 0.25) is 0 Å². The van der Waals surface area contributed by atoms with Crippen LogP contribution in [-0.2, 0) is 42.1 Å². The van der Waals surface area contributed by atoms with Crippen molar-refractivity contribution < 1.29 is 66.3 Å². The molecule has 1 amide bonds. The van der Waals surface area contributed by atoms with E-state index in [1.165, 1.54) is 89.2 Å². The number of carbonyl (C=O) groups is 4. The first-order chi connectivity index (χ1) is 33.5. The summed E-state index contributed by atoms with van der Waals surface area (Å²) in [6, 6.07) is 4.73. The number of amides is 1. The van der Waals surface area contributed by atoms with Gasteiger partial charge in [0.15, 0.2) is 6.10 Å². The lowest BCUT2D eigenvalue weighted by Gasteiger charge is -2.20. The number of unbranched alkanes of at least 4 members (excludes halogenated alkanes) is 22. The average molecular weight is 997 g/mol. The number of nitrogens with zero attached hydrogens (tertiary/aromatic N) is 1. The maximum absolute atomic E-state index is 12.8. The van der Waals surface area contributed by atoms with Crippen LogP contribution in [0.5, 0.6) is 5.75 Å². The molecule has 0 radical (unpaired) electrons. The lowest BCUT2D eigenvalue weighted by molar-refractivity contribution is -0.384. The van der Waals surface area contributed by atoms with Gasteiger partial charge in [-0.25, -0.2) is 14.2 Å². The highest BCUT2D eigenvalue weighted by atomic mass is 31.2. The van der Waals surface area contributed by atoms with Crippen LogP contribution < -0.4 is 10.1 Å². The molecule has 0 heterocycles. The van der Waals surface area contributed by atoms with Crippen molar-refractivity contribution >= 4 is 37.7 Å². The second kappa shape index (κ2) is 43.7. The van der Waals surface area contributed by atoms with Gasteiger partial charge >= 0.3 is 32.0 Å². The predicted molar refractivity (Wildman–Crippen MR) is 266 cm³/mol. The number of hydrogen-bond acceptors (Lipinski definition) is 14. The smallest absolute Gasteiger partial charge is 0.462 e. The van der Waals surface area contributed by atoms with E-state index in [4.69, 9.17) is 32.7 Å². The Hall–Kier alpha value is -4.31. The third-order valence-corrected chi connectivity index (χ3v) is 11.8. The van der Waals surface area contributed by atoms with E-state index in [1.807, 2.05) is 0 Å². The molecule has 0 spiro atoms. The molecule has 0 aliphatic heterocycles. The number of alkyl carbamates (subject to hydrolysis) is 1. The standard InChI is InChI=1S/C51H85N2O15P/c1-3-5-7-9-11-13-15-17-19-21-23-25-27-29-31-33-48(54)64-43-47(67-49(55)34-32-30-28-26-24-22-20-18-16-14-12-10-8-6-4-2)44-66-69(60,61)65-40-39-52-50(56)62-41-42-63-51(57)68-46-37-35-45(36-38-46)53(58)59/h17-20,35-38,47H,3-16,21-34,39-44H2,1-2H3,(H,52,56)(H,60,61). The fraction of sp³-hybridized carbons (Fsp3) is 0.725. The maximum Gasteiger partial charge on any atom is 0.513 e. The molecule has 2 atom stereocenters. The van der Waals surface area contributed by atoms with Crippen LogP contribution in [0.4, 0.5) is 15.3 Å². The normalized spacial score (nSPS) is 12.7. The van der Waals surface area contributed by atoms with Gasteiger partial charge in [0.2, 0.25) is 0 Å². The average Bonchev–Trinajstić information content (AvgIpc) is 3.32. The van der Waals surface area contributed by atoms with Crippen molar-refractivity contribution in [2.45, 2.75) is 200 Å². The zero-order chi connectivity index (χ0) is 50.5. The predicted octanol–water partition coefficient (Wildman–Crippen LogP) is 13.5. The van der Waals surface area contributed by atoms with Gasteiger partial charge in [-0.05, 0) is 76.3 Å². The number of rotatable bonds is 45. The third kappa shape index (κ3) is 40.2. The van der Waals surface area contributed by atoms with Gasteiger partial charge in [-0.1, -0.05) is 141 Å². The van der Waals surface area contributed by atoms with Gasteiger partial charge in [0.25, 0.3) is 5.69 Å². The minimum atomic E-state index is -4.71. The van der Waals surface area contributed by atoms with Crippen molar-refractivity contribution in [3.63, 3.8) is 0 Å². The Balaban J connectivity index is 2.42. The second-order valence-electron chi connectivity index (χ2n) is 17.1. The Morgan fingerprint density at radius 1 is 0.609 bits per heavy atom. The van der Waals surface area contributed by atoms with E-state index in [2.05, 4.69) is 43.5 Å². The summed E-state index contributed by atoms with van der Waals surface area (Å²) in [6.45, 7) is 2.05. The van der Waals surface area contributed by atoms with E-state index in [-0.39, 0.29) is 50.6 Å². The zero-order valence-corrected chi connectivity index (χ0v) is 42.7. The van der Waals surface area contributed by atoms with Gasteiger partial charge < -0.3 is 33.9 Å². The number of benzene rings is 1. The Kier molecular flexibility index (Phi) is 39.7. The van der Waals surface area contributed by atoms with Crippen molar-refractivity contribution in [3.05, 3.63) is 58.7 Å². The molecule has 2 unspecified atom stereocenters. The number of allylic oxidation sites excluding steroid dienone is 4. The van der Waals surface area contributed by atoms with Crippen LogP contribution >= 0.6 is 7.82 Å². The van der Waals surface area contributed by atoms with Crippen LogP contribution in [0.3, 0.4) is 0 Å². The van der Waals surface area contributed by atoms with Crippen LogP contribution in [-0.4, -0.2) is 79.7 Å². The van der Waals surface area contributed by atoms with Gasteiger partial charge in [0.1, 0.15) is 25.6 Å². The number of nitro groups is 1. The summed E-state index contributed by atoms with van der Waals surface area (Å²) in [7, 11) is -4.71. The van der Waals surface area contributed by atoms with E-state index in [0.717, 1.165) is 89.2 Å². The summed E-state index contributed by atoms with van der Waals surface area (Å²) in [5, 5.41) is 13.0. The number of ether oxygens (including phenoxy) is 5. The summed E-state index contributed by atoms with van der Waals surface area (Å²) in [5.41, 5.74) is -0.186. The fourth-order valence-corrected chi connectivity index (χ4v) is 7.65. The van der Waals surface area contributed by atoms with Crippen molar-refractivity contribution in [1.29, 1.82) is 0 Å². The van der Waals surface area contributed by atoms with Gasteiger partial charge in [-0.3, -0.25) is 28.8 Å². The van der Waals surface area contributed by atoms with Crippen molar-refractivity contribution in [2.75, 3.05) is 39.6 Å². The lowest BCUT2D eigenvalue weighted by Crippen LogP contribution is -2.30. The summed E-state index contributed by atoms with van der Waals surface area (Å²) in [4.78, 5) is 69.6. The summed E-state index contributed by atoms with van der Waals surface area (Å²) >= 11 is 0. The first kappa shape index (κ1) is 62.7. The maximum atomic E-state index is 12.8. The minimum Gasteiger partial charge on any atom is -0.462 e. The van der Waals surface area contributed by atoms with E-state index < -0.39 is 56.3 Å². The number of non-ortho nitro benzene ring substituents is 1. The molecule has 0 aliphatic carbocycles. The number of carbonyl (C=O) groups excluding carboxylic acids is 4. The molecule has 0 fully saturated rings. The minimum absolute atomic E-state index is 0.0118. The van der Waals surface area contributed by atoms with Gasteiger partial charge in [-0.15, -0.1) is 0 Å².